The highest BCUT2D eigenvalue weighted by atomic mass is 16.3. The van der Waals surface area contributed by atoms with Gasteiger partial charge in [-0.1, -0.05) is 13.8 Å². The zero-order valence-electron chi connectivity index (χ0n) is 10.1. The molecule has 1 aromatic rings. The maximum Gasteiger partial charge on any atom is 0.233 e. The molecule has 0 radical (unpaired) electrons. The van der Waals surface area contributed by atoms with E-state index in [0.29, 0.717) is 12.5 Å². The van der Waals surface area contributed by atoms with Crippen molar-refractivity contribution in [2.45, 2.75) is 26.8 Å². The average Bonchev–Trinajstić information content (AvgIpc) is 2.76. The molecule has 0 fully saturated rings. The van der Waals surface area contributed by atoms with Crippen LogP contribution in [0.3, 0.4) is 0 Å². The normalized spacial score (nSPS) is 12.8. The van der Waals surface area contributed by atoms with Crippen LogP contribution in [0.2, 0.25) is 0 Å². The van der Waals surface area contributed by atoms with E-state index in [1.807, 2.05) is 13.0 Å². The molecule has 0 aliphatic heterocycles. The quantitative estimate of drug-likeness (QED) is 0.773. The van der Waals surface area contributed by atoms with E-state index in [2.05, 4.69) is 24.5 Å². The first kappa shape index (κ1) is 12.8. The Hall–Kier alpha value is -1.29. The molecule has 90 valence electrons. The zero-order valence-corrected chi connectivity index (χ0v) is 10.1. The summed E-state index contributed by atoms with van der Waals surface area (Å²) < 4.78 is 4.98. The van der Waals surface area contributed by atoms with Gasteiger partial charge in [0.05, 0.1) is 19.1 Å². The van der Waals surface area contributed by atoms with Crippen LogP contribution in [0.15, 0.2) is 23.0 Å². The van der Waals surface area contributed by atoms with Crippen LogP contribution in [-0.2, 0) is 4.79 Å². The molecule has 1 amide bonds. The Morgan fingerprint density at radius 3 is 2.75 bits per heavy atom. The van der Waals surface area contributed by atoms with Crippen LogP contribution in [0.25, 0.3) is 0 Å². The topological polar surface area (TPSA) is 54.3 Å². The third-order valence-electron chi connectivity index (χ3n) is 2.32. The van der Waals surface area contributed by atoms with E-state index in [0.717, 1.165) is 12.1 Å². The molecule has 0 aliphatic rings. The lowest BCUT2D eigenvalue weighted by atomic mass is 10.2. The summed E-state index contributed by atoms with van der Waals surface area (Å²) in [4.78, 5) is 11.4. The minimum Gasteiger partial charge on any atom is -0.472 e. The molecule has 1 atom stereocenters. The molecular weight excluding hydrogens is 204 g/mol. The predicted molar refractivity (Wildman–Crippen MR) is 63.0 cm³/mol. The van der Waals surface area contributed by atoms with E-state index in [1.54, 1.807) is 12.5 Å². The van der Waals surface area contributed by atoms with Gasteiger partial charge in [-0.15, -0.1) is 0 Å². The molecule has 16 heavy (non-hydrogen) atoms. The molecular formula is C12H20N2O2. The van der Waals surface area contributed by atoms with Crippen molar-refractivity contribution < 1.29 is 9.21 Å². The van der Waals surface area contributed by atoms with Gasteiger partial charge in [0, 0.05) is 18.2 Å². The Balaban J connectivity index is 2.21. The number of amides is 1. The van der Waals surface area contributed by atoms with Gasteiger partial charge in [0.15, 0.2) is 0 Å². The second-order valence-electron chi connectivity index (χ2n) is 4.36. The van der Waals surface area contributed by atoms with Crippen molar-refractivity contribution in [1.29, 1.82) is 0 Å². The second-order valence-corrected chi connectivity index (χ2v) is 4.36. The molecule has 0 spiro atoms. The highest BCUT2D eigenvalue weighted by molar-refractivity contribution is 5.78. The molecule has 0 bridgehead atoms. The SMILES string of the molecule is CC(C)CNC(=O)CNC(C)c1ccoc1. The minimum atomic E-state index is 0.0315. The van der Waals surface area contributed by atoms with Crippen LogP contribution < -0.4 is 10.6 Å². The lowest BCUT2D eigenvalue weighted by Gasteiger charge is -2.12. The lowest BCUT2D eigenvalue weighted by Crippen LogP contribution is -2.36. The van der Waals surface area contributed by atoms with Gasteiger partial charge in [0.1, 0.15) is 0 Å². The number of carbonyl (C=O) groups excluding carboxylic acids is 1. The van der Waals surface area contributed by atoms with Crippen LogP contribution in [-0.4, -0.2) is 19.0 Å². The van der Waals surface area contributed by atoms with Crippen LogP contribution >= 0.6 is 0 Å². The summed E-state index contributed by atoms with van der Waals surface area (Å²) in [5, 5.41) is 5.99. The zero-order chi connectivity index (χ0) is 12.0. The molecule has 0 saturated heterocycles. The molecule has 4 heteroatoms. The Morgan fingerprint density at radius 2 is 2.19 bits per heavy atom. The van der Waals surface area contributed by atoms with Gasteiger partial charge in [0.25, 0.3) is 0 Å². The van der Waals surface area contributed by atoms with Gasteiger partial charge in [0.2, 0.25) is 5.91 Å². The van der Waals surface area contributed by atoms with Crippen LogP contribution in [0.1, 0.15) is 32.4 Å². The van der Waals surface area contributed by atoms with Crippen molar-refractivity contribution in [3.63, 3.8) is 0 Å². The van der Waals surface area contributed by atoms with E-state index in [-0.39, 0.29) is 11.9 Å². The van der Waals surface area contributed by atoms with Gasteiger partial charge in [-0.2, -0.15) is 0 Å². The third-order valence-corrected chi connectivity index (χ3v) is 2.32. The number of nitrogens with one attached hydrogen (secondary N) is 2. The van der Waals surface area contributed by atoms with Crippen molar-refractivity contribution in [3.8, 4) is 0 Å². The van der Waals surface area contributed by atoms with Gasteiger partial charge in [-0.05, 0) is 18.9 Å². The second kappa shape index (κ2) is 6.33. The average molecular weight is 224 g/mol. The molecule has 1 aromatic heterocycles. The number of hydrogen-bond acceptors (Lipinski definition) is 3. The smallest absolute Gasteiger partial charge is 0.233 e. The summed E-state index contributed by atoms with van der Waals surface area (Å²) in [5.41, 5.74) is 1.05. The van der Waals surface area contributed by atoms with Crippen molar-refractivity contribution in [3.05, 3.63) is 24.2 Å². The minimum absolute atomic E-state index is 0.0315. The molecule has 0 aliphatic carbocycles. The first-order chi connectivity index (χ1) is 7.59. The fourth-order valence-electron chi connectivity index (χ4n) is 1.27. The lowest BCUT2D eigenvalue weighted by molar-refractivity contribution is -0.120. The van der Waals surface area contributed by atoms with Crippen molar-refractivity contribution >= 4 is 5.91 Å². The van der Waals surface area contributed by atoms with Crippen molar-refractivity contribution in [2.75, 3.05) is 13.1 Å². The van der Waals surface area contributed by atoms with E-state index >= 15 is 0 Å². The predicted octanol–water partition coefficient (Wildman–Crippen LogP) is 1.70. The monoisotopic (exact) mass is 224 g/mol. The largest absolute Gasteiger partial charge is 0.472 e. The summed E-state index contributed by atoms with van der Waals surface area (Å²) in [5.74, 6) is 0.513. The molecule has 1 unspecified atom stereocenters. The molecule has 1 heterocycles. The fourth-order valence-corrected chi connectivity index (χ4v) is 1.27. The van der Waals surface area contributed by atoms with Crippen LogP contribution in [0.5, 0.6) is 0 Å². The number of hydrogen-bond donors (Lipinski definition) is 2. The Labute approximate surface area is 96.4 Å². The van der Waals surface area contributed by atoms with E-state index in [1.165, 1.54) is 0 Å². The maximum atomic E-state index is 11.4. The fraction of sp³-hybridized carbons (Fsp3) is 0.583. The number of rotatable bonds is 6. The summed E-state index contributed by atoms with van der Waals surface area (Å²) in [6.07, 6.45) is 3.32. The van der Waals surface area contributed by atoms with Gasteiger partial charge in [-0.25, -0.2) is 0 Å². The van der Waals surface area contributed by atoms with E-state index in [9.17, 15) is 4.79 Å². The molecule has 4 nitrogen and oxygen atoms in total. The number of carbonyl (C=O) groups is 1. The Bertz CT molecular complexity index is 307. The maximum absolute atomic E-state index is 11.4. The van der Waals surface area contributed by atoms with E-state index in [4.69, 9.17) is 4.42 Å². The van der Waals surface area contributed by atoms with Crippen molar-refractivity contribution in [1.82, 2.24) is 10.6 Å². The molecule has 1 rings (SSSR count). The van der Waals surface area contributed by atoms with Gasteiger partial charge in [-0.3, -0.25) is 4.79 Å². The van der Waals surface area contributed by atoms with E-state index < -0.39 is 0 Å². The van der Waals surface area contributed by atoms with Gasteiger partial charge < -0.3 is 15.1 Å². The summed E-state index contributed by atoms with van der Waals surface area (Å²) >= 11 is 0. The summed E-state index contributed by atoms with van der Waals surface area (Å²) in [6.45, 7) is 7.20. The molecule has 2 N–H and O–H groups in total. The molecule has 0 aromatic carbocycles. The summed E-state index contributed by atoms with van der Waals surface area (Å²) in [6, 6.07) is 2.02. The van der Waals surface area contributed by atoms with Crippen LogP contribution in [0.4, 0.5) is 0 Å². The van der Waals surface area contributed by atoms with Crippen molar-refractivity contribution in [2.24, 2.45) is 5.92 Å². The van der Waals surface area contributed by atoms with Crippen LogP contribution in [0, 0.1) is 5.92 Å². The standard InChI is InChI=1S/C12H20N2O2/c1-9(2)6-14-12(15)7-13-10(3)11-4-5-16-8-11/h4-5,8-10,13H,6-7H2,1-3H3,(H,14,15). The Morgan fingerprint density at radius 1 is 1.44 bits per heavy atom. The summed E-state index contributed by atoms with van der Waals surface area (Å²) in [7, 11) is 0. The Kier molecular flexibility index (Phi) is 5.05. The third kappa shape index (κ3) is 4.49. The number of furan rings is 1. The highest BCUT2D eigenvalue weighted by Gasteiger charge is 2.08. The molecule has 0 saturated carbocycles. The first-order valence-corrected chi connectivity index (χ1v) is 5.61. The van der Waals surface area contributed by atoms with Gasteiger partial charge >= 0.3 is 0 Å². The highest BCUT2D eigenvalue weighted by Crippen LogP contribution is 2.11. The first-order valence-electron chi connectivity index (χ1n) is 5.61.